The Morgan fingerprint density at radius 3 is 2.38 bits per heavy atom. The number of carbonyl (C=O) groups excluding carboxylic acids is 1. The summed E-state index contributed by atoms with van der Waals surface area (Å²) >= 11 is 0. The molecule has 0 amide bonds. The summed E-state index contributed by atoms with van der Waals surface area (Å²) in [6.45, 7) is 0. The van der Waals surface area contributed by atoms with E-state index in [1.807, 2.05) is 24.3 Å². The maximum atomic E-state index is 12.6. The van der Waals surface area contributed by atoms with Crippen LogP contribution in [0.4, 0.5) is 0 Å². The van der Waals surface area contributed by atoms with Crippen LogP contribution in [-0.2, 0) is 0 Å². The third-order valence-electron chi connectivity index (χ3n) is 3.34. The van der Waals surface area contributed by atoms with Gasteiger partial charge in [0.05, 0.1) is 12.6 Å². The topological polar surface area (TPSA) is 59.2 Å². The van der Waals surface area contributed by atoms with Gasteiger partial charge in [-0.1, -0.05) is 42.5 Å². The molecule has 0 bridgehead atoms. The number of pyridine rings is 1. The molecular weight excluding hydrogens is 266 g/mol. The van der Waals surface area contributed by atoms with Gasteiger partial charge in [0, 0.05) is 10.9 Å². The van der Waals surface area contributed by atoms with Crippen LogP contribution in [0.15, 0.2) is 59.4 Å². The van der Waals surface area contributed by atoms with Crippen molar-refractivity contribution in [2.45, 2.75) is 0 Å². The number of methoxy groups -OCH3 is 1. The largest absolute Gasteiger partial charge is 0.495 e. The first-order valence-electron chi connectivity index (χ1n) is 6.51. The van der Waals surface area contributed by atoms with Gasteiger partial charge in [0.2, 0.25) is 5.78 Å². The highest BCUT2D eigenvalue weighted by atomic mass is 16.5. The van der Waals surface area contributed by atoms with Crippen LogP contribution in [0.1, 0.15) is 15.9 Å². The molecule has 0 aliphatic rings. The molecule has 4 nitrogen and oxygen atoms in total. The second-order valence-electron chi connectivity index (χ2n) is 4.60. The van der Waals surface area contributed by atoms with Crippen LogP contribution in [-0.4, -0.2) is 17.9 Å². The van der Waals surface area contributed by atoms with E-state index in [4.69, 9.17) is 4.74 Å². The number of benzene rings is 2. The number of hydrogen-bond acceptors (Lipinski definition) is 3. The summed E-state index contributed by atoms with van der Waals surface area (Å²) in [5.74, 6) is -0.0392. The average molecular weight is 279 g/mol. The van der Waals surface area contributed by atoms with Crippen molar-refractivity contribution < 1.29 is 9.53 Å². The lowest BCUT2D eigenvalue weighted by Gasteiger charge is -2.10. The number of rotatable bonds is 3. The maximum Gasteiger partial charge on any atom is 0.263 e. The third-order valence-corrected chi connectivity index (χ3v) is 3.34. The molecule has 0 aliphatic carbocycles. The highest BCUT2D eigenvalue weighted by molar-refractivity contribution is 6.12. The predicted octanol–water partition coefficient (Wildman–Crippen LogP) is 2.77. The minimum atomic E-state index is -0.445. The van der Waals surface area contributed by atoms with E-state index in [1.165, 1.54) is 7.11 Å². The SMILES string of the molecule is COc1c(C(=O)c2ccccc2)c(=O)[nH]c2ccccc12. The lowest BCUT2D eigenvalue weighted by molar-refractivity contribution is 0.103. The molecule has 0 unspecified atom stereocenters. The molecule has 0 saturated heterocycles. The Balaban J connectivity index is 2.30. The molecule has 2 aromatic carbocycles. The molecule has 0 fully saturated rings. The van der Waals surface area contributed by atoms with Crippen LogP contribution in [0, 0.1) is 0 Å². The minimum absolute atomic E-state index is 0.0300. The molecule has 1 N–H and O–H groups in total. The number of aromatic nitrogens is 1. The highest BCUT2D eigenvalue weighted by Gasteiger charge is 2.21. The number of ketones is 1. The molecule has 3 rings (SSSR count). The first-order chi connectivity index (χ1) is 10.2. The quantitative estimate of drug-likeness (QED) is 0.750. The van der Waals surface area contributed by atoms with Crippen molar-refractivity contribution in [2.24, 2.45) is 0 Å². The fraction of sp³-hybridized carbons (Fsp3) is 0.0588. The van der Waals surface area contributed by atoms with Crippen LogP contribution < -0.4 is 10.3 Å². The Kier molecular flexibility index (Phi) is 3.28. The number of hydrogen-bond donors (Lipinski definition) is 1. The number of fused-ring (bicyclic) bond motifs is 1. The predicted molar refractivity (Wildman–Crippen MR) is 81.0 cm³/mol. The number of nitrogens with one attached hydrogen (secondary N) is 1. The van der Waals surface area contributed by atoms with Gasteiger partial charge >= 0.3 is 0 Å². The molecule has 0 aliphatic heterocycles. The monoisotopic (exact) mass is 279 g/mol. The van der Waals surface area contributed by atoms with Crippen LogP contribution in [0.3, 0.4) is 0 Å². The first kappa shape index (κ1) is 13.1. The van der Waals surface area contributed by atoms with E-state index in [2.05, 4.69) is 4.98 Å². The highest BCUT2D eigenvalue weighted by Crippen LogP contribution is 2.27. The van der Waals surface area contributed by atoms with Gasteiger partial charge in [-0.25, -0.2) is 0 Å². The number of H-pyrrole nitrogens is 1. The Bertz CT molecular complexity index is 866. The summed E-state index contributed by atoms with van der Waals surface area (Å²) in [7, 11) is 1.46. The van der Waals surface area contributed by atoms with Crippen LogP contribution in [0.25, 0.3) is 10.9 Å². The summed E-state index contributed by atoms with van der Waals surface area (Å²) in [5, 5.41) is 0.707. The van der Waals surface area contributed by atoms with Crippen molar-refractivity contribution in [1.82, 2.24) is 4.98 Å². The Hall–Kier alpha value is -2.88. The van der Waals surface area contributed by atoms with E-state index < -0.39 is 5.56 Å². The van der Waals surface area contributed by atoms with Gasteiger partial charge in [-0.2, -0.15) is 0 Å². The van der Waals surface area contributed by atoms with E-state index in [0.29, 0.717) is 22.2 Å². The van der Waals surface area contributed by atoms with Gasteiger partial charge in [-0.3, -0.25) is 9.59 Å². The molecule has 0 saturated carbocycles. The fourth-order valence-corrected chi connectivity index (χ4v) is 2.36. The molecule has 1 aromatic heterocycles. The van der Waals surface area contributed by atoms with Crippen LogP contribution >= 0.6 is 0 Å². The lowest BCUT2D eigenvalue weighted by Crippen LogP contribution is -2.20. The van der Waals surface area contributed by atoms with E-state index >= 15 is 0 Å². The Morgan fingerprint density at radius 2 is 1.67 bits per heavy atom. The number of aromatic amines is 1. The first-order valence-corrected chi connectivity index (χ1v) is 6.51. The summed E-state index contributed by atoms with van der Waals surface area (Å²) in [4.78, 5) is 27.6. The molecular formula is C17H13NO3. The van der Waals surface area contributed by atoms with Gasteiger partial charge in [0.15, 0.2) is 0 Å². The second kappa shape index (κ2) is 5.25. The van der Waals surface area contributed by atoms with Gasteiger partial charge in [-0.05, 0) is 12.1 Å². The standard InChI is InChI=1S/C17H13NO3/c1-21-16-12-9-5-6-10-13(12)18-17(20)14(16)15(19)11-7-3-2-4-8-11/h2-10H,1H3,(H,18,20). The summed E-state index contributed by atoms with van der Waals surface area (Å²) in [6.07, 6.45) is 0. The number of carbonyl (C=O) groups is 1. The molecule has 4 heteroatoms. The van der Waals surface area contributed by atoms with Gasteiger partial charge in [-0.15, -0.1) is 0 Å². The van der Waals surface area contributed by atoms with Crippen molar-refractivity contribution in [3.63, 3.8) is 0 Å². The zero-order chi connectivity index (χ0) is 14.8. The normalized spacial score (nSPS) is 10.5. The molecule has 0 atom stereocenters. The summed E-state index contributed by atoms with van der Waals surface area (Å²) in [6, 6.07) is 15.9. The smallest absolute Gasteiger partial charge is 0.263 e. The second-order valence-corrected chi connectivity index (χ2v) is 4.60. The summed E-state index contributed by atoms with van der Waals surface area (Å²) < 4.78 is 5.34. The molecule has 0 spiro atoms. The van der Waals surface area contributed by atoms with Crippen molar-refractivity contribution in [1.29, 1.82) is 0 Å². The summed E-state index contributed by atoms with van der Waals surface area (Å²) in [5.41, 5.74) is 0.683. The van der Waals surface area contributed by atoms with Crippen molar-refractivity contribution in [3.05, 3.63) is 76.1 Å². The van der Waals surface area contributed by atoms with Gasteiger partial charge < -0.3 is 9.72 Å². The van der Waals surface area contributed by atoms with E-state index in [9.17, 15) is 9.59 Å². The van der Waals surface area contributed by atoms with E-state index in [1.54, 1.807) is 30.3 Å². The van der Waals surface area contributed by atoms with Crippen molar-refractivity contribution in [3.8, 4) is 5.75 Å². The number of ether oxygens (including phenoxy) is 1. The Labute approximate surface area is 121 Å². The van der Waals surface area contributed by atoms with Gasteiger partial charge in [0.1, 0.15) is 11.3 Å². The number of para-hydroxylation sites is 1. The Morgan fingerprint density at radius 1 is 1.00 bits per heavy atom. The lowest BCUT2D eigenvalue weighted by atomic mass is 10.0. The molecule has 0 radical (unpaired) electrons. The fourth-order valence-electron chi connectivity index (χ4n) is 2.36. The van der Waals surface area contributed by atoms with Crippen molar-refractivity contribution in [2.75, 3.05) is 7.11 Å². The van der Waals surface area contributed by atoms with E-state index in [0.717, 1.165) is 0 Å². The average Bonchev–Trinajstić information content (AvgIpc) is 2.53. The van der Waals surface area contributed by atoms with Crippen LogP contribution in [0.2, 0.25) is 0 Å². The molecule has 3 aromatic rings. The van der Waals surface area contributed by atoms with Crippen molar-refractivity contribution >= 4 is 16.7 Å². The van der Waals surface area contributed by atoms with E-state index in [-0.39, 0.29) is 11.3 Å². The minimum Gasteiger partial charge on any atom is -0.495 e. The molecule has 104 valence electrons. The third kappa shape index (κ3) is 2.21. The zero-order valence-electron chi connectivity index (χ0n) is 11.4. The maximum absolute atomic E-state index is 12.6. The van der Waals surface area contributed by atoms with Gasteiger partial charge in [0.25, 0.3) is 5.56 Å². The van der Waals surface area contributed by atoms with Crippen LogP contribution in [0.5, 0.6) is 5.75 Å². The zero-order valence-corrected chi connectivity index (χ0v) is 11.4. The molecule has 1 heterocycles. The molecule has 21 heavy (non-hydrogen) atoms.